The molecule has 0 N–H and O–H groups in total. The van der Waals surface area contributed by atoms with Gasteiger partial charge in [-0.2, -0.15) is 0 Å². The Bertz CT molecular complexity index is 325. The maximum Gasteiger partial charge on any atom is 0.125 e. The lowest BCUT2D eigenvalue weighted by Crippen LogP contribution is -1.92. The first kappa shape index (κ1) is 10.1. The van der Waals surface area contributed by atoms with Gasteiger partial charge in [-0.1, -0.05) is 5.92 Å². The van der Waals surface area contributed by atoms with Gasteiger partial charge in [0, 0.05) is 11.9 Å². The highest BCUT2D eigenvalue weighted by Gasteiger charge is 1.94. The van der Waals surface area contributed by atoms with E-state index in [9.17, 15) is 0 Å². The molecule has 13 heavy (non-hydrogen) atoms. The third-order valence-corrected chi connectivity index (χ3v) is 2.28. The highest BCUT2D eigenvalue weighted by Crippen LogP contribution is 2.08. The summed E-state index contributed by atoms with van der Waals surface area (Å²) in [4.78, 5) is 8.33. The van der Waals surface area contributed by atoms with Gasteiger partial charge in [-0.3, -0.25) is 0 Å². The molecule has 0 aromatic carbocycles. The molecule has 0 unspecified atom stereocenters. The van der Waals surface area contributed by atoms with E-state index in [0.717, 1.165) is 23.0 Å². The van der Waals surface area contributed by atoms with E-state index >= 15 is 0 Å². The Morgan fingerprint density at radius 2 is 2.38 bits per heavy atom. The van der Waals surface area contributed by atoms with Crippen molar-refractivity contribution in [3.05, 3.63) is 23.8 Å². The molecule has 0 atom stereocenters. The summed E-state index contributed by atoms with van der Waals surface area (Å²) in [6.45, 7) is 3.76. The van der Waals surface area contributed by atoms with Gasteiger partial charge in [0.25, 0.3) is 0 Å². The molecule has 0 amide bonds. The van der Waals surface area contributed by atoms with Crippen LogP contribution in [-0.4, -0.2) is 15.7 Å². The highest BCUT2D eigenvalue weighted by molar-refractivity contribution is 7.98. The summed E-state index contributed by atoms with van der Waals surface area (Å²) in [5.74, 6) is 8.49. The summed E-state index contributed by atoms with van der Waals surface area (Å²) in [5.41, 5.74) is 1.08. The summed E-state index contributed by atoms with van der Waals surface area (Å²) in [6.07, 6.45) is 1.80. The van der Waals surface area contributed by atoms with Crippen LogP contribution in [0.1, 0.15) is 18.4 Å². The molecule has 0 saturated carbocycles. The third kappa shape index (κ3) is 3.95. The zero-order valence-electron chi connectivity index (χ0n) is 7.87. The van der Waals surface area contributed by atoms with E-state index in [0.29, 0.717) is 0 Å². The number of aromatic nitrogens is 2. The van der Waals surface area contributed by atoms with Crippen molar-refractivity contribution in [3.8, 4) is 11.8 Å². The van der Waals surface area contributed by atoms with E-state index in [2.05, 4.69) is 21.8 Å². The monoisotopic (exact) mass is 192 g/mol. The summed E-state index contributed by atoms with van der Waals surface area (Å²) in [6, 6.07) is 1.94. The quantitative estimate of drug-likeness (QED) is 0.541. The van der Waals surface area contributed by atoms with Gasteiger partial charge in [0.2, 0.25) is 0 Å². The fourth-order valence-corrected chi connectivity index (χ4v) is 1.58. The van der Waals surface area contributed by atoms with Gasteiger partial charge < -0.3 is 0 Å². The van der Waals surface area contributed by atoms with Crippen LogP contribution in [-0.2, 0) is 5.75 Å². The molecule has 0 spiro atoms. The van der Waals surface area contributed by atoms with Crippen LogP contribution in [0.3, 0.4) is 0 Å². The number of hydrogen-bond acceptors (Lipinski definition) is 3. The first-order chi connectivity index (χ1) is 6.33. The largest absolute Gasteiger partial charge is 0.242 e. The first-order valence-electron chi connectivity index (χ1n) is 4.09. The predicted molar refractivity (Wildman–Crippen MR) is 56.4 cm³/mol. The fourth-order valence-electron chi connectivity index (χ4n) is 0.864. The van der Waals surface area contributed by atoms with Crippen LogP contribution in [0, 0.1) is 18.8 Å². The number of hydrogen-bond donors (Lipinski definition) is 0. The van der Waals surface area contributed by atoms with Crippen molar-refractivity contribution in [2.75, 3.05) is 5.75 Å². The van der Waals surface area contributed by atoms with E-state index in [1.54, 1.807) is 18.0 Å². The predicted octanol–water partition coefficient (Wildman–Crippen LogP) is 2.04. The van der Waals surface area contributed by atoms with E-state index in [1.807, 2.05) is 19.9 Å². The molecular weight excluding hydrogens is 180 g/mol. The van der Waals surface area contributed by atoms with Crippen LogP contribution in [0.25, 0.3) is 0 Å². The van der Waals surface area contributed by atoms with E-state index < -0.39 is 0 Å². The Labute approximate surface area is 83.2 Å². The first-order valence-corrected chi connectivity index (χ1v) is 5.24. The Morgan fingerprint density at radius 1 is 1.54 bits per heavy atom. The average molecular weight is 192 g/mol. The molecule has 0 aliphatic heterocycles. The van der Waals surface area contributed by atoms with Crippen LogP contribution >= 0.6 is 11.8 Å². The molecule has 0 fully saturated rings. The average Bonchev–Trinajstić information content (AvgIpc) is 2.13. The molecule has 0 saturated heterocycles. The number of thioether (sulfide) groups is 1. The number of rotatable bonds is 3. The molecule has 0 aliphatic rings. The molecule has 68 valence electrons. The lowest BCUT2D eigenvalue weighted by Gasteiger charge is -1.98. The minimum Gasteiger partial charge on any atom is -0.242 e. The number of aryl methyl sites for hydroxylation is 1. The Hall–Kier alpha value is -1.01. The third-order valence-electron chi connectivity index (χ3n) is 1.43. The van der Waals surface area contributed by atoms with Crippen molar-refractivity contribution in [3.63, 3.8) is 0 Å². The molecule has 0 aliphatic carbocycles. The van der Waals surface area contributed by atoms with Crippen LogP contribution in [0.5, 0.6) is 0 Å². The van der Waals surface area contributed by atoms with Crippen molar-refractivity contribution in [2.45, 2.75) is 19.6 Å². The minimum absolute atomic E-state index is 0.833. The molecular formula is C10H12N2S. The Balaban J connectivity index is 2.39. The topological polar surface area (TPSA) is 25.8 Å². The summed E-state index contributed by atoms with van der Waals surface area (Å²) >= 11 is 1.78. The van der Waals surface area contributed by atoms with Gasteiger partial charge in [-0.05, 0) is 19.9 Å². The summed E-state index contributed by atoms with van der Waals surface area (Å²) < 4.78 is 0. The molecule has 3 heteroatoms. The SMILES string of the molecule is CC#CCSCc1ccnc(C)n1. The van der Waals surface area contributed by atoms with Crippen LogP contribution in [0.15, 0.2) is 12.3 Å². The van der Waals surface area contributed by atoms with Crippen molar-refractivity contribution < 1.29 is 0 Å². The molecule has 0 bridgehead atoms. The standard InChI is InChI=1S/C10H12N2S/c1-3-4-7-13-8-10-5-6-11-9(2)12-10/h5-6H,7-8H2,1-2H3. The fraction of sp³-hybridized carbons (Fsp3) is 0.400. The molecule has 1 aromatic heterocycles. The zero-order chi connectivity index (χ0) is 9.52. The molecule has 1 aromatic rings. The number of nitrogens with zero attached hydrogens (tertiary/aromatic N) is 2. The lowest BCUT2D eigenvalue weighted by molar-refractivity contribution is 1.00. The van der Waals surface area contributed by atoms with Gasteiger partial charge in [0.05, 0.1) is 11.4 Å². The van der Waals surface area contributed by atoms with Crippen LogP contribution in [0.4, 0.5) is 0 Å². The smallest absolute Gasteiger partial charge is 0.125 e. The van der Waals surface area contributed by atoms with Crippen molar-refractivity contribution in [2.24, 2.45) is 0 Å². The highest BCUT2D eigenvalue weighted by atomic mass is 32.2. The molecule has 1 rings (SSSR count). The van der Waals surface area contributed by atoms with Gasteiger partial charge in [-0.25, -0.2) is 9.97 Å². The maximum absolute atomic E-state index is 4.29. The van der Waals surface area contributed by atoms with Crippen molar-refractivity contribution >= 4 is 11.8 Å². The second-order valence-corrected chi connectivity index (χ2v) is 3.50. The summed E-state index contributed by atoms with van der Waals surface area (Å²) in [7, 11) is 0. The van der Waals surface area contributed by atoms with E-state index in [4.69, 9.17) is 0 Å². The van der Waals surface area contributed by atoms with Crippen molar-refractivity contribution in [1.82, 2.24) is 9.97 Å². The lowest BCUT2D eigenvalue weighted by atomic mass is 10.4. The van der Waals surface area contributed by atoms with Crippen molar-refractivity contribution in [1.29, 1.82) is 0 Å². The van der Waals surface area contributed by atoms with Gasteiger partial charge in [-0.15, -0.1) is 17.7 Å². The minimum atomic E-state index is 0.833. The molecule has 2 nitrogen and oxygen atoms in total. The van der Waals surface area contributed by atoms with E-state index in [-0.39, 0.29) is 0 Å². The van der Waals surface area contributed by atoms with Gasteiger partial charge in [0.15, 0.2) is 0 Å². The second kappa shape index (κ2) is 5.60. The Morgan fingerprint density at radius 3 is 3.08 bits per heavy atom. The van der Waals surface area contributed by atoms with Gasteiger partial charge in [0.1, 0.15) is 5.82 Å². The normalized spacial score (nSPS) is 9.08. The van der Waals surface area contributed by atoms with Crippen LogP contribution < -0.4 is 0 Å². The van der Waals surface area contributed by atoms with Crippen LogP contribution in [0.2, 0.25) is 0 Å². The summed E-state index contributed by atoms with van der Waals surface area (Å²) in [5, 5.41) is 0. The maximum atomic E-state index is 4.29. The zero-order valence-corrected chi connectivity index (χ0v) is 8.69. The molecule has 1 heterocycles. The second-order valence-electron chi connectivity index (χ2n) is 2.51. The van der Waals surface area contributed by atoms with E-state index in [1.165, 1.54) is 0 Å². The molecule has 0 radical (unpaired) electrons. The Kier molecular flexibility index (Phi) is 4.34. The van der Waals surface area contributed by atoms with Gasteiger partial charge >= 0.3 is 0 Å².